The van der Waals surface area contributed by atoms with Gasteiger partial charge in [-0.2, -0.15) is 13.2 Å². The first kappa shape index (κ1) is 24.5. The molecule has 1 aliphatic rings. The van der Waals surface area contributed by atoms with Gasteiger partial charge >= 0.3 is 6.18 Å². The van der Waals surface area contributed by atoms with Gasteiger partial charge in [0, 0.05) is 24.6 Å². The van der Waals surface area contributed by atoms with E-state index in [0.717, 1.165) is 12.1 Å². The fourth-order valence-electron chi connectivity index (χ4n) is 3.03. The molecule has 1 unspecified atom stereocenters. The second-order valence-electron chi connectivity index (χ2n) is 6.64. The highest BCUT2D eigenvalue weighted by Gasteiger charge is 2.62. The summed E-state index contributed by atoms with van der Waals surface area (Å²) in [6.07, 6.45) is -5.48. The zero-order valence-corrected chi connectivity index (χ0v) is 20.1. The number of halogens is 8. The van der Waals surface area contributed by atoms with E-state index in [0.29, 0.717) is 11.3 Å². The molecule has 0 fully saturated rings. The van der Waals surface area contributed by atoms with Crippen molar-refractivity contribution in [3.05, 3.63) is 61.5 Å². The van der Waals surface area contributed by atoms with Crippen molar-refractivity contribution in [2.75, 3.05) is 17.3 Å². The first-order valence-corrected chi connectivity index (χ1v) is 11.1. The molecule has 1 aliphatic heterocycles. The highest BCUT2D eigenvalue weighted by molar-refractivity contribution is 9.09. The lowest BCUT2D eigenvalue weighted by Gasteiger charge is -2.30. The van der Waals surface area contributed by atoms with Crippen LogP contribution in [0.1, 0.15) is 17.5 Å². The van der Waals surface area contributed by atoms with E-state index >= 15 is 0 Å². The van der Waals surface area contributed by atoms with Crippen molar-refractivity contribution >= 4 is 79.6 Å². The van der Waals surface area contributed by atoms with Crippen LogP contribution in [0.4, 0.5) is 18.9 Å². The molecular weight excluding hydrogens is 567 g/mol. The van der Waals surface area contributed by atoms with E-state index in [-0.39, 0.29) is 42.6 Å². The number of alkyl halides is 4. The second-order valence-corrected chi connectivity index (χ2v) is 8.80. The standard InChI is InChI=1S/C19H12BrCl4F3N2O2/c1-29(16(30)8-20)15-3-2-9(4-11(15)21)14-7-18(31-28-14,19(25,26)27)10-5-12(22)17(24)13(23)6-10/h2-6H,7-8H2,1H3. The Morgan fingerprint density at radius 1 is 1.16 bits per heavy atom. The molecule has 0 N–H and O–H groups in total. The highest BCUT2D eigenvalue weighted by atomic mass is 79.9. The summed E-state index contributed by atoms with van der Waals surface area (Å²) < 4.78 is 42.4. The Bertz CT molecular complexity index is 1060. The number of carbonyl (C=O) groups is 1. The minimum atomic E-state index is -4.84. The van der Waals surface area contributed by atoms with Crippen LogP contribution in [0.3, 0.4) is 0 Å². The van der Waals surface area contributed by atoms with Gasteiger partial charge in [0.25, 0.3) is 5.60 Å². The summed E-state index contributed by atoms with van der Waals surface area (Å²) in [5, 5.41) is 3.59. The molecule has 31 heavy (non-hydrogen) atoms. The summed E-state index contributed by atoms with van der Waals surface area (Å²) in [6, 6.07) is 6.56. The third kappa shape index (κ3) is 4.50. The molecule has 2 aromatic carbocycles. The third-order valence-electron chi connectivity index (χ3n) is 4.77. The number of anilines is 1. The minimum absolute atomic E-state index is 0.0161. The van der Waals surface area contributed by atoms with Crippen LogP contribution in [0.15, 0.2) is 35.5 Å². The molecule has 166 valence electrons. The summed E-state index contributed by atoms with van der Waals surface area (Å²) in [5.74, 6) is -0.247. The number of amides is 1. The van der Waals surface area contributed by atoms with Gasteiger partial charge in [0.1, 0.15) is 0 Å². The van der Waals surface area contributed by atoms with E-state index in [1.54, 1.807) is 0 Å². The third-order valence-corrected chi connectivity index (χ3v) is 6.75. The van der Waals surface area contributed by atoms with Gasteiger partial charge < -0.3 is 9.74 Å². The van der Waals surface area contributed by atoms with Crippen molar-refractivity contribution in [1.29, 1.82) is 0 Å². The van der Waals surface area contributed by atoms with Crippen LogP contribution in [0, 0.1) is 0 Å². The molecule has 0 spiro atoms. The Morgan fingerprint density at radius 2 is 1.77 bits per heavy atom. The molecule has 1 atom stereocenters. The summed E-state index contributed by atoms with van der Waals surface area (Å²) in [5.41, 5.74) is -2.40. The number of rotatable bonds is 4. The van der Waals surface area contributed by atoms with Crippen LogP contribution in [0.25, 0.3) is 0 Å². The summed E-state index contributed by atoms with van der Waals surface area (Å²) in [4.78, 5) is 18.2. The average molecular weight is 579 g/mol. The molecule has 4 nitrogen and oxygen atoms in total. The zero-order valence-electron chi connectivity index (χ0n) is 15.5. The molecule has 0 saturated heterocycles. The molecular formula is C19H12BrCl4F3N2O2. The molecule has 0 bridgehead atoms. The number of nitrogens with zero attached hydrogens (tertiary/aromatic N) is 2. The average Bonchev–Trinajstić information content (AvgIpc) is 3.17. The molecule has 3 rings (SSSR count). The van der Waals surface area contributed by atoms with Gasteiger partial charge in [-0.05, 0) is 24.3 Å². The van der Waals surface area contributed by atoms with E-state index < -0.39 is 18.2 Å². The maximum absolute atomic E-state index is 14.1. The normalized spacial score (nSPS) is 18.5. The first-order valence-electron chi connectivity index (χ1n) is 8.50. The van der Waals surface area contributed by atoms with Crippen molar-refractivity contribution in [3.63, 3.8) is 0 Å². The molecule has 12 heteroatoms. The van der Waals surface area contributed by atoms with Crippen LogP contribution in [0.5, 0.6) is 0 Å². The van der Waals surface area contributed by atoms with E-state index in [1.807, 2.05) is 0 Å². The van der Waals surface area contributed by atoms with Crippen LogP contribution in [-0.4, -0.2) is 30.2 Å². The van der Waals surface area contributed by atoms with Crippen LogP contribution in [-0.2, 0) is 15.2 Å². The predicted molar refractivity (Wildman–Crippen MR) is 120 cm³/mol. The van der Waals surface area contributed by atoms with Gasteiger partial charge in [-0.1, -0.05) is 73.6 Å². The predicted octanol–water partition coefficient (Wildman–Crippen LogP) is 7.24. The van der Waals surface area contributed by atoms with Crippen molar-refractivity contribution in [2.45, 2.75) is 18.2 Å². The van der Waals surface area contributed by atoms with Gasteiger partial charge in [0.05, 0.1) is 36.8 Å². The molecule has 0 aromatic heterocycles. The summed E-state index contributed by atoms with van der Waals surface area (Å²) in [6.45, 7) is 0. The molecule has 1 amide bonds. The van der Waals surface area contributed by atoms with E-state index in [9.17, 15) is 18.0 Å². The summed E-state index contributed by atoms with van der Waals surface area (Å²) in [7, 11) is 1.53. The van der Waals surface area contributed by atoms with Gasteiger partial charge in [0.15, 0.2) is 0 Å². The molecule has 0 radical (unpaired) electrons. The fourth-order valence-corrected chi connectivity index (χ4v) is 4.31. The molecule has 0 aliphatic carbocycles. The Kier molecular flexibility index (Phi) is 7.08. The van der Waals surface area contributed by atoms with Crippen LogP contribution in [0.2, 0.25) is 20.1 Å². The highest BCUT2D eigenvalue weighted by Crippen LogP contribution is 2.50. The smallest absolute Gasteiger partial charge is 0.374 e. The van der Waals surface area contributed by atoms with Crippen LogP contribution < -0.4 is 4.90 Å². The zero-order chi connectivity index (χ0) is 23.1. The Balaban J connectivity index is 1.98. The monoisotopic (exact) mass is 576 g/mol. The second kappa shape index (κ2) is 8.98. The minimum Gasteiger partial charge on any atom is -0.374 e. The largest absolute Gasteiger partial charge is 0.435 e. The number of oxime groups is 1. The van der Waals surface area contributed by atoms with E-state index in [2.05, 4.69) is 21.1 Å². The number of carbonyl (C=O) groups excluding carboxylic acids is 1. The fraction of sp³-hybridized carbons (Fsp3) is 0.263. The van der Waals surface area contributed by atoms with Crippen molar-refractivity contribution in [3.8, 4) is 0 Å². The van der Waals surface area contributed by atoms with Crippen LogP contribution >= 0.6 is 62.3 Å². The maximum atomic E-state index is 14.1. The quantitative estimate of drug-likeness (QED) is 0.283. The number of hydrogen-bond acceptors (Lipinski definition) is 3. The molecule has 2 aromatic rings. The Hall–Kier alpha value is -1.19. The van der Waals surface area contributed by atoms with Crippen molar-refractivity contribution in [2.24, 2.45) is 5.16 Å². The molecule has 1 heterocycles. The topological polar surface area (TPSA) is 41.9 Å². The Morgan fingerprint density at radius 3 is 2.29 bits per heavy atom. The van der Waals surface area contributed by atoms with E-state index in [1.165, 1.54) is 30.1 Å². The Labute approximate surface area is 203 Å². The first-order chi connectivity index (χ1) is 14.4. The van der Waals surface area contributed by atoms with E-state index in [4.69, 9.17) is 51.2 Å². The van der Waals surface area contributed by atoms with Crippen molar-refractivity contribution < 1.29 is 22.8 Å². The lowest BCUT2D eigenvalue weighted by atomic mass is 9.86. The number of hydrogen-bond donors (Lipinski definition) is 0. The lowest BCUT2D eigenvalue weighted by Crippen LogP contribution is -2.42. The van der Waals surface area contributed by atoms with Gasteiger partial charge in [-0.25, -0.2) is 0 Å². The van der Waals surface area contributed by atoms with Gasteiger partial charge in [-0.15, -0.1) is 0 Å². The maximum Gasteiger partial charge on any atom is 0.435 e. The number of benzene rings is 2. The van der Waals surface area contributed by atoms with Gasteiger partial charge in [0.2, 0.25) is 5.91 Å². The van der Waals surface area contributed by atoms with Crippen molar-refractivity contribution in [1.82, 2.24) is 0 Å². The van der Waals surface area contributed by atoms with Gasteiger partial charge in [-0.3, -0.25) is 4.79 Å². The SMILES string of the molecule is CN(C(=O)CBr)c1ccc(C2=NOC(c3cc(Cl)c(Cl)c(Cl)c3)(C(F)(F)F)C2)cc1Cl. The lowest BCUT2D eigenvalue weighted by molar-refractivity contribution is -0.275. The molecule has 0 saturated carbocycles. The summed E-state index contributed by atoms with van der Waals surface area (Å²) >= 11 is 27.1.